The number of aromatic amines is 1. The largest absolute Gasteiger partial charge is 0.374 e. The van der Waals surface area contributed by atoms with E-state index in [1.54, 1.807) is 6.33 Å². The van der Waals surface area contributed by atoms with Crippen LogP contribution in [0.4, 0.5) is 0 Å². The van der Waals surface area contributed by atoms with Crippen molar-refractivity contribution < 1.29 is 4.74 Å². The number of aromatic nitrogens is 2. The molecule has 78 valence electrons. The maximum absolute atomic E-state index is 5.69. The molecule has 4 nitrogen and oxygen atoms in total. The first-order valence-corrected chi connectivity index (χ1v) is 5.18. The van der Waals surface area contributed by atoms with Crippen molar-refractivity contribution in [1.29, 1.82) is 0 Å². The van der Waals surface area contributed by atoms with Gasteiger partial charge in [0.2, 0.25) is 0 Å². The van der Waals surface area contributed by atoms with Crippen LogP contribution in [0.2, 0.25) is 0 Å². The average Bonchev–Trinajstić information content (AvgIpc) is 2.77. The Morgan fingerprint density at radius 1 is 1.64 bits per heavy atom. The van der Waals surface area contributed by atoms with Gasteiger partial charge in [-0.25, -0.2) is 4.98 Å². The summed E-state index contributed by atoms with van der Waals surface area (Å²) in [6.45, 7) is 3.91. The molecule has 0 aromatic carbocycles. The van der Waals surface area contributed by atoms with E-state index in [-0.39, 0.29) is 0 Å². The number of hydrogen-bond donors (Lipinski definition) is 2. The van der Waals surface area contributed by atoms with Gasteiger partial charge in [-0.05, 0) is 19.8 Å². The molecule has 1 aromatic rings. The second-order valence-corrected chi connectivity index (χ2v) is 3.85. The van der Waals surface area contributed by atoms with Gasteiger partial charge in [0.15, 0.2) is 0 Å². The van der Waals surface area contributed by atoms with Gasteiger partial charge in [0.1, 0.15) is 0 Å². The molecule has 1 aliphatic heterocycles. The summed E-state index contributed by atoms with van der Waals surface area (Å²) in [5.74, 6) is 0. The molecule has 0 saturated carbocycles. The number of nitrogens with one attached hydrogen (secondary N) is 2. The minimum Gasteiger partial charge on any atom is -0.374 e. The van der Waals surface area contributed by atoms with Crippen molar-refractivity contribution in [1.82, 2.24) is 15.3 Å². The van der Waals surface area contributed by atoms with Gasteiger partial charge in [0.05, 0.1) is 18.5 Å². The zero-order chi connectivity index (χ0) is 9.80. The summed E-state index contributed by atoms with van der Waals surface area (Å²) in [7, 11) is 0. The lowest BCUT2D eigenvalue weighted by Crippen LogP contribution is -2.26. The van der Waals surface area contributed by atoms with Gasteiger partial charge in [-0.2, -0.15) is 0 Å². The monoisotopic (exact) mass is 195 g/mol. The molecule has 1 aliphatic rings. The lowest BCUT2D eigenvalue weighted by Gasteiger charge is -2.11. The Hall–Kier alpha value is -0.870. The first-order chi connectivity index (χ1) is 6.84. The van der Waals surface area contributed by atoms with Crippen LogP contribution in [-0.2, 0) is 11.3 Å². The van der Waals surface area contributed by atoms with Crippen LogP contribution in [0.15, 0.2) is 12.5 Å². The molecule has 1 fully saturated rings. The minimum atomic E-state index is 0.396. The fourth-order valence-corrected chi connectivity index (χ4v) is 1.78. The van der Waals surface area contributed by atoms with Gasteiger partial charge in [0.25, 0.3) is 0 Å². The van der Waals surface area contributed by atoms with Crippen molar-refractivity contribution in [2.75, 3.05) is 6.54 Å². The zero-order valence-corrected chi connectivity index (χ0v) is 8.49. The SMILES string of the molecule is CC1CCC(CNCc2cnc[nH]2)O1. The highest BCUT2D eigenvalue weighted by molar-refractivity contribution is 4.93. The molecule has 4 heteroatoms. The number of hydrogen-bond acceptors (Lipinski definition) is 3. The van der Waals surface area contributed by atoms with Gasteiger partial charge in [-0.3, -0.25) is 0 Å². The number of nitrogens with zero attached hydrogens (tertiary/aromatic N) is 1. The minimum absolute atomic E-state index is 0.396. The van der Waals surface area contributed by atoms with E-state index in [2.05, 4.69) is 22.2 Å². The third kappa shape index (κ3) is 2.56. The lowest BCUT2D eigenvalue weighted by atomic mass is 10.2. The molecule has 0 aliphatic carbocycles. The van der Waals surface area contributed by atoms with E-state index in [1.165, 1.54) is 12.8 Å². The summed E-state index contributed by atoms with van der Waals surface area (Å²) in [6.07, 6.45) is 6.74. The van der Waals surface area contributed by atoms with Gasteiger partial charge in [-0.15, -0.1) is 0 Å². The van der Waals surface area contributed by atoms with E-state index < -0.39 is 0 Å². The number of rotatable bonds is 4. The molecule has 1 saturated heterocycles. The number of ether oxygens (including phenoxy) is 1. The van der Waals surface area contributed by atoms with Crippen LogP contribution in [0, 0.1) is 0 Å². The van der Waals surface area contributed by atoms with Gasteiger partial charge in [-0.1, -0.05) is 0 Å². The van der Waals surface area contributed by atoms with E-state index in [9.17, 15) is 0 Å². The van der Waals surface area contributed by atoms with Crippen LogP contribution in [0.1, 0.15) is 25.5 Å². The number of H-pyrrole nitrogens is 1. The second kappa shape index (κ2) is 4.57. The topological polar surface area (TPSA) is 49.9 Å². The van der Waals surface area contributed by atoms with Crippen molar-refractivity contribution >= 4 is 0 Å². The number of imidazole rings is 1. The van der Waals surface area contributed by atoms with Crippen molar-refractivity contribution in [3.05, 3.63) is 18.2 Å². The smallest absolute Gasteiger partial charge is 0.0922 e. The Morgan fingerprint density at radius 3 is 3.21 bits per heavy atom. The van der Waals surface area contributed by atoms with Gasteiger partial charge < -0.3 is 15.0 Å². The predicted molar refractivity (Wildman–Crippen MR) is 53.9 cm³/mol. The first kappa shape index (κ1) is 9.68. The average molecular weight is 195 g/mol. The molecule has 0 bridgehead atoms. The zero-order valence-electron chi connectivity index (χ0n) is 8.49. The molecule has 14 heavy (non-hydrogen) atoms. The standard InChI is InChI=1S/C10H17N3O/c1-8-2-3-10(14-8)6-11-4-9-5-12-7-13-9/h5,7-8,10-11H,2-4,6H2,1H3,(H,12,13). The second-order valence-electron chi connectivity index (χ2n) is 3.85. The maximum Gasteiger partial charge on any atom is 0.0922 e. The first-order valence-electron chi connectivity index (χ1n) is 5.18. The van der Waals surface area contributed by atoms with Crippen molar-refractivity contribution in [3.8, 4) is 0 Å². The third-order valence-corrected chi connectivity index (χ3v) is 2.56. The Balaban J connectivity index is 1.64. The Labute approximate surface area is 84.1 Å². The molecule has 2 unspecified atom stereocenters. The Bertz CT molecular complexity index is 260. The fraction of sp³-hybridized carbons (Fsp3) is 0.700. The van der Waals surface area contributed by atoms with E-state index in [0.717, 1.165) is 18.8 Å². The van der Waals surface area contributed by atoms with E-state index in [0.29, 0.717) is 12.2 Å². The molecule has 2 rings (SSSR count). The molecule has 2 N–H and O–H groups in total. The highest BCUT2D eigenvalue weighted by Crippen LogP contribution is 2.18. The maximum atomic E-state index is 5.69. The van der Waals surface area contributed by atoms with Gasteiger partial charge >= 0.3 is 0 Å². The van der Waals surface area contributed by atoms with Crippen LogP contribution in [0.5, 0.6) is 0 Å². The molecule has 2 atom stereocenters. The third-order valence-electron chi connectivity index (χ3n) is 2.56. The van der Waals surface area contributed by atoms with Crippen LogP contribution >= 0.6 is 0 Å². The molecular formula is C10H17N3O. The molecule has 2 heterocycles. The van der Waals surface area contributed by atoms with Gasteiger partial charge in [0, 0.05) is 25.0 Å². The molecule has 0 radical (unpaired) electrons. The summed E-state index contributed by atoms with van der Waals surface area (Å²) < 4.78 is 5.69. The Kier molecular flexibility index (Phi) is 3.16. The molecule has 1 aromatic heterocycles. The molecule has 0 amide bonds. The van der Waals surface area contributed by atoms with Crippen LogP contribution < -0.4 is 5.32 Å². The van der Waals surface area contributed by atoms with E-state index in [4.69, 9.17) is 4.74 Å². The summed E-state index contributed by atoms with van der Waals surface area (Å²) in [6, 6.07) is 0. The fourth-order valence-electron chi connectivity index (χ4n) is 1.78. The Morgan fingerprint density at radius 2 is 2.57 bits per heavy atom. The van der Waals surface area contributed by atoms with Crippen LogP contribution in [0.25, 0.3) is 0 Å². The summed E-state index contributed by atoms with van der Waals surface area (Å²) in [4.78, 5) is 7.01. The van der Waals surface area contributed by atoms with Crippen LogP contribution in [-0.4, -0.2) is 28.7 Å². The predicted octanol–water partition coefficient (Wildman–Crippen LogP) is 1.07. The van der Waals surface area contributed by atoms with Crippen molar-refractivity contribution in [2.45, 2.75) is 38.5 Å². The molecule has 0 spiro atoms. The van der Waals surface area contributed by atoms with Crippen molar-refractivity contribution in [3.63, 3.8) is 0 Å². The molecular weight excluding hydrogens is 178 g/mol. The van der Waals surface area contributed by atoms with Crippen LogP contribution in [0.3, 0.4) is 0 Å². The summed E-state index contributed by atoms with van der Waals surface area (Å²) in [5, 5.41) is 3.35. The highest BCUT2D eigenvalue weighted by Gasteiger charge is 2.20. The normalized spacial score (nSPS) is 26.9. The summed E-state index contributed by atoms with van der Waals surface area (Å²) in [5.41, 5.74) is 1.12. The van der Waals surface area contributed by atoms with E-state index >= 15 is 0 Å². The summed E-state index contributed by atoms with van der Waals surface area (Å²) >= 11 is 0. The quantitative estimate of drug-likeness (QED) is 0.755. The lowest BCUT2D eigenvalue weighted by molar-refractivity contribution is 0.0558. The highest BCUT2D eigenvalue weighted by atomic mass is 16.5. The van der Waals surface area contributed by atoms with Crippen molar-refractivity contribution in [2.24, 2.45) is 0 Å². The van der Waals surface area contributed by atoms with E-state index in [1.807, 2.05) is 6.20 Å².